The largest absolute Gasteiger partial charge is 0.417 e. The molecule has 0 amide bonds. The third-order valence-corrected chi connectivity index (χ3v) is 9.39. The van der Waals surface area contributed by atoms with E-state index in [-0.39, 0.29) is 23.9 Å². The van der Waals surface area contributed by atoms with Crippen LogP contribution in [0.1, 0.15) is 40.0 Å². The monoisotopic (exact) mass is 338 g/mol. The average Bonchev–Trinajstić information content (AvgIpc) is 3.02. The number of hydrogen-bond donors (Lipinski definition) is 0. The zero-order chi connectivity index (χ0) is 16.3. The number of epoxide rings is 1. The lowest BCUT2D eigenvalue weighted by atomic mass is 10.1. The molecule has 1 saturated heterocycles. The van der Waals surface area contributed by atoms with Crippen molar-refractivity contribution in [1.82, 2.24) is 0 Å². The summed E-state index contributed by atoms with van der Waals surface area (Å²) in [5, 5.41) is 0.251. The van der Waals surface area contributed by atoms with Gasteiger partial charge in [0.1, 0.15) is 6.10 Å². The first-order valence-electron chi connectivity index (χ1n) is 7.56. The fraction of sp³-hybridized carbons (Fsp3) is 1.00. The van der Waals surface area contributed by atoms with Gasteiger partial charge in [-0.15, -0.1) is 0 Å². The van der Waals surface area contributed by atoms with Crippen molar-refractivity contribution in [2.75, 3.05) is 19.5 Å². The van der Waals surface area contributed by atoms with Gasteiger partial charge in [-0.05, 0) is 37.4 Å². The van der Waals surface area contributed by atoms with Crippen molar-refractivity contribution in [2.45, 2.75) is 70.4 Å². The normalized spacial score (nSPS) is 23.3. The molecule has 1 rings (SSSR count). The minimum Gasteiger partial charge on any atom is -0.417 e. The molecule has 1 aliphatic heterocycles. The molecular weight excluding hydrogens is 308 g/mol. The van der Waals surface area contributed by atoms with Crippen molar-refractivity contribution < 1.29 is 21.8 Å². The van der Waals surface area contributed by atoms with Crippen LogP contribution in [-0.2, 0) is 23.5 Å². The fourth-order valence-electron chi connectivity index (χ4n) is 1.76. The molecule has 0 bridgehead atoms. The Morgan fingerprint density at radius 1 is 1.14 bits per heavy atom. The molecule has 21 heavy (non-hydrogen) atoms. The van der Waals surface area contributed by atoms with E-state index in [9.17, 15) is 8.42 Å². The standard InChI is InChI=1S/C14H30O5SSi/c1-14(2,3)21(5,6)18-10-8-7-9-12-13(19-12)11-17-20(4,15)16/h12-13H,7-11H2,1-6H3/t12-,13+/m1/s1. The van der Waals surface area contributed by atoms with Crippen molar-refractivity contribution in [1.29, 1.82) is 0 Å². The van der Waals surface area contributed by atoms with Crippen LogP contribution in [0.25, 0.3) is 0 Å². The summed E-state index contributed by atoms with van der Waals surface area (Å²) >= 11 is 0. The molecule has 126 valence electrons. The molecule has 1 fully saturated rings. The molecule has 0 aromatic carbocycles. The maximum Gasteiger partial charge on any atom is 0.264 e. The highest BCUT2D eigenvalue weighted by atomic mass is 32.2. The summed E-state index contributed by atoms with van der Waals surface area (Å²) in [5.41, 5.74) is 0. The molecule has 5 nitrogen and oxygen atoms in total. The zero-order valence-corrected chi connectivity index (χ0v) is 16.0. The SMILES string of the molecule is CC(C)(C)[Si](C)(C)OCCCC[C@H]1O[C@H]1COS(C)(=O)=O. The molecule has 7 heteroatoms. The second-order valence-electron chi connectivity index (χ2n) is 7.31. The van der Waals surface area contributed by atoms with Gasteiger partial charge in [0.15, 0.2) is 8.32 Å². The average molecular weight is 339 g/mol. The Labute approximate surface area is 130 Å². The van der Waals surface area contributed by atoms with Gasteiger partial charge in [-0.1, -0.05) is 20.8 Å². The van der Waals surface area contributed by atoms with Crippen LogP contribution in [0.5, 0.6) is 0 Å². The fourth-order valence-corrected chi connectivity index (χ4v) is 3.23. The quantitative estimate of drug-likeness (QED) is 0.280. The van der Waals surface area contributed by atoms with Crippen LogP contribution in [0, 0.1) is 0 Å². The summed E-state index contributed by atoms with van der Waals surface area (Å²) in [4.78, 5) is 0. The number of ether oxygens (including phenoxy) is 1. The van der Waals surface area contributed by atoms with Crippen LogP contribution in [-0.4, -0.2) is 48.4 Å². The van der Waals surface area contributed by atoms with E-state index in [1.54, 1.807) is 0 Å². The third kappa shape index (κ3) is 7.23. The first kappa shape index (κ1) is 19.1. The summed E-state index contributed by atoms with van der Waals surface area (Å²) in [6, 6.07) is 0. The van der Waals surface area contributed by atoms with Crippen LogP contribution in [0.2, 0.25) is 18.1 Å². The molecule has 0 aliphatic carbocycles. The van der Waals surface area contributed by atoms with Gasteiger partial charge in [0.05, 0.1) is 19.0 Å². The van der Waals surface area contributed by atoms with Crippen LogP contribution >= 0.6 is 0 Å². The van der Waals surface area contributed by atoms with Crippen LogP contribution in [0.4, 0.5) is 0 Å². The van der Waals surface area contributed by atoms with Gasteiger partial charge >= 0.3 is 0 Å². The van der Waals surface area contributed by atoms with E-state index in [1.807, 2.05) is 0 Å². The van der Waals surface area contributed by atoms with E-state index >= 15 is 0 Å². The van der Waals surface area contributed by atoms with Gasteiger partial charge in [0.2, 0.25) is 0 Å². The Kier molecular flexibility index (Phi) is 6.44. The molecule has 1 heterocycles. The van der Waals surface area contributed by atoms with Crippen molar-refractivity contribution in [3.05, 3.63) is 0 Å². The second-order valence-corrected chi connectivity index (χ2v) is 13.8. The minimum absolute atomic E-state index is 0.0546. The summed E-state index contributed by atoms with van der Waals surface area (Å²) in [7, 11) is -4.99. The van der Waals surface area contributed by atoms with Crippen LogP contribution in [0.3, 0.4) is 0 Å². The number of rotatable bonds is 9. The Hall–Kier alpha value is 0.0469. The van der Waals surface area contributed by atoms with E-state index in [1.165, 1.54) is 0 Å². The Morgan fingerprint density at radius 2 is 1.76 bits per heavy atom. The Bertz CT molecular complexity index is 427. The van der Waals surface area contributed by atoms with Crippen LogP contribution < -0.4 is 0 Å². The molecule has 2 atom stereocenters. The van der Waals surface area contributed by atoms with E-state index in [4.69, 9.17) is 13.3 Å². The predicted octanol–water partition coefficient (Wildman–Crippen LogP) is 2.92. The lowest BCUT2D eigenvalue weighted by Gasteiger charge is -2.36. The van der Waals surface area contributed by atoms with E-state index in [0.29, 0.717) is 0 Å². The molecule has 0 unspecified atom stereocenters. The molecular formula is C14H30O5SSi. The summed E-state index contributed by atoms with van der Waals surface area (Å²) in [6.07, 6.45) is 4.16. The van der Waals surface area contributed by atoms with Gasteiger partial charge < -0.3 is 9.16 Å². The van der Waals surface area contributed by atoms with Gasteiger partial charge in [-0.3, -0.25) is 4.18 Å². The maximum absolute atomic E-state index is 10.9. The number of unbranched alkanes of at least 4 members (excludes halogenated alkanes) is 1. The highest BCUT2D eigenvalue weighted by Crippen LogP contribution is 2.36. The number of hydrogen-bond acceptors (Lipinski definition) is 5. The first-order chi connectivity index (χ1) is 9.42. The Balaban J connectivity index is 2.07. The molecule has 0 aromatic heterocycles. The van der Waals surface area contributed by atoms with Gasteiger partial charge in [0.25, 0.3) is 10.1 Å². The van der Waals surface area contributed by atoms with E-state index in [2.05, 4.69) is 33.9 Å². The topological polar surface area (TPSA) is 65.1 Å². The van der Waals surface area contributed by atoms with Crippen molar-refractivity contribution in [2.24, 2.45) is 0 Å². The lowest BCUT2D eigenvalue weighted by Crippen LogP contribution is -2.40. The highest BCUT2D eigenvalue weighted by molar-refractivity contribution is 7.85. The second kappa shape index (κ2) is 7.08. The molecule has 1 aliphatic rings. The molecule has 0 saturated carbocycles. The van der Waals surface area contributed by atoms with E-state index < -0.39 is 18.4 Å². The maximum atomic E-state index is 10.9. The molecule has 0 aromatic rings. The smallest absolute Gasteiger partial charge is 0.264 e. The highest BCUT2D eigenvalue weighted by Gasteiger charge is 2.39. The van der Waals surface area contributed by atoms with Crippen molar-refractivity contribution in [3.63, 3.8) is 0 Å². The Morgan fingerprint density at radius 3 is 2.29 bits per heavy atom. The van der Waals surface area contributed by atoms with Gasteiger partial charge in [0, 0.05) is 6.61 Å². The molecule has 0 N–H and O–H groups in total. The predicted molar refractivity (Wildman–Crippen MR) is 86.5 cm³/mol. The molecule has 0 radical (unpaired) electrons. The lowest BCUT2D eigenvalue weighted by molar-refractivity contribution is 0.261. The first-order valence-corrected chi connectivity index (χ1v) is 12.3. The third-order valence-electron chi connectivity index (χ3n) is 4.29. The minimum atomic E-state index is -3.36. The summed E-state index contributed by atoms with van der Waals surface area (Å²) in [6.45, 7) is 12.2. The van der Waals surface area contributed by atoms with Crippen molar-refractivity contribution >= 4 is 18.4 Å². The van der Waals surface area contributed by atoms with E-state index in [0.717, 1.165) is 32.1 Å². The summed E-state index contributed by atoms with van der Waals surface area (Å²) in [5.74, 6) is 0. The van der Waals surface area contributed by atoms with Gasteiger partial charge in [-0.25, -0.2) is 0 Å². The molecule has 0 spiro atoms. The summed E-state index contributed by atoms with van der Waals surface area (Å²) < 4.78 is 37.9. The zero-order valence-electron chi connectivity index (χ0n) is 14.1. The van der Waals surface area contributed by atoms with Crippen molar-refractivity contribution in [3.8, 4) is 0 Å². The van der Waals surface area contributed by atoms with Gasteiger partial charge in [-0.2, -0.15) is 8.42 Å². The van der Waals surface area contributed by atoms with Crippen LogP contribution in [0.15, 0.2) is 0 Å².